The predicted octanol–water partition coefficient (Wildman–Crippen LogP) is 3.65. The molecule has 132 valence electrons. The van der Waals surface area contributed by atoms with Crippen LogP contribution in [0.3, 0.4) is 0 Å². The van der Waals surface area contributed by atoms with Crippen molar-refractivity contribution in [2.45, 2.75) is 34.3 Å². The van der Waals surface area contributed by atoms with E-state index >= 15 is 0 Å². The van der Waals surface area contributed by atoms with Crippen molar-refractivity contribution in [2.75, 3.05) is 19.0 Å². The maximum absolute atomic E-state index is 5.24. The van der Waals surface area contributed by atoms with Gasteiger partial charge in [-0.15, -0.1) is 0 Å². The van der Waals surface area contributed by atoms with Crippen LogP contribution in [0.5, 0.6) is 0 Å². The number of nitrogens with one attached hydrogen (secondary N) is 1. The maximum Gasteiger partial charge on any atom is 0.169 e. The zero-order chi connectivity index (χ0) is 18.0. The molecule has 0 fully saturated rings. The number of ether oxygens (including phenoxy) is 1. The van der Waals surface area contributed by atoms with E-state index in [1.165, 1.54) is 5.56 Å². The zero-order valence-corrected chi connectivity index (χ0v) is 15.5. The Morgan fingerprint density at radius 2 is 1.84 bits per heavy atom. The van der Waals surface area contributed by atoms with E-state index in [-0.39, 0.29) is 0 Å². The molecule has 25 heavy (non-hydrogen) atoms. The molecule has 1 N–H and O–H groups in total. The second kappa shape index (κ2) is 7.19. The summed E-state index contributed by atoms with van der Waals surface area (Å²) in [6.45, 7) is 9.61. The Hall–Kier alpha value is -2.47. The molecule has 0 amide bonds. The molecule has 0 unspecified atom stereocenters. The Morgan fingerprint density at radius 1 is 1.12 bits per heavy atom. The summed E-state index contributed by atoms with van der Waals surface area (Å²) in [6, 6.07) is 8.27. The number of fused-ring (bicyclic) bond motifs is 1. The summed E-state index contributed by atoms with van der Waals surface area (Å²) in [5.41, 5.74) is 3.91. The molecule has 3 rings (SSSR count). The lowest BCUT2D eigenvalue weighted by molar-refractivity contribution is 0.178. The largest absolute Gasteiger partial charge is 0.377 e. The van der Waals surface area contributed by atoms with Gasteiger partial charge < -0.3 is 10.1 Å². The number of aromatic nitrogens is 4. The molecule has 6 nitrogen and oxygen atoms in total. The molecular formula is C19H25N5O. The smallest absolute Gasteiger partial charge is 0.169 e. The number of aryl methyl sites for hydroxylation is 2. The highest BCUT2D eigenvalue weighted by Gasteiger charge is 2.17. The van der Waals surface area contributed by atoms with E-state index in [2.05, 4.69) is 55.3 Å². The highest BCUT2D eigenvalue weighted by molar-refractivity contribution is 5.90. The summed E-state index contributed by atoms with van der Waals surface area (Å²) < 4.78 is 7.12. The molecule has 0 saturated carbocycles. The normalized spacial score (nSPS) is 11.4. The van der Waals surface area contributed by atoms with Gasteiger partial charge in [-0.25, -0.2) is 14.6 Å². The number of nitrogens with zero attached hydrogens (tertiary/aromatic N) is 4. The minimum atomic E-state index is 0.366. The third kappa shape index (κ3) is 3.64. The van der Waals surface area contributed by atoms with E-state index < -0.39 is 0 Å². The Morgan fingerprint density at radius 3 is 2.48 bits per heavy atom. The lowest BCUT2D eigenvalue weighted by atomic mass is 10.2. The van der Waals surface area contributed by atoms with Crippen LogP contribution >= 0.6 is 0 Å². The molecule has 0 aliphatic heterocycles. The second-order valence-corrected chi connectivity index (χ2v) is 6.73. The van der Waals surface area contributed by atoms with E-state index in [1.807, 2.05) is 11.6 Å². The molecule has 0 aliphatic rings. The lowest BCUT2D eigenvalue weighted by Gasteiger charge is -2.11. The van der Waals surface area contributed by atoms with Crippen LogP contribution in [-0.4, -0.2) is 33.4 Å². The first-order valence-electron chi connectivity index (χ1n) is 8.55. The standard InChI is InChI=1S/C19H25N5O/c1-12(2)10-20-18-17-14(4)23-24(15-8-6-13(3)7-9-15)19(17)22-16(21-18)11-25-5/h6-9,12H,10-11H2,1-5H3,(H,20,21,22). The Kier molecular flexibility index (Phi) is 4.99. The summed E-state index contributed by atoms with van der Waals surface area (Å²) >= 11 is 0. The van der Waals surface area contributed by atoms with Gasteiger partial charge in [0.25, 0.3) is 0 Å². The van der Waals surface area contributed by atoms with E-state index in [9.17, 15) is 0 Å². The van der Waals surface area contributed by atoms with Crippen molar-refractivity contribution in [3.63, 3.8) is 0 Å². The Labute approximate surface area is 148 Å². The van der Waals surface area contributed by atoms with Gasteiger partial charge in [-0.1, -0.05) is 31.5 Å². The molecule has 0 aliphatic carbocycles. The van der Waals surface area contributed by atoms with Crippen LogP contribution in [0.4, 0.5) is 5.82 Å². The molecule has 0 bridgehead atoms. The highest BCUT2D eigenvalue weighted by atomic mass is 16.5. The first-order valence-corrected chi connectivity index (χ1v) is 8.55. The van der Waals surface area contributed by atoms with Crippen molar-refractivity contribution in [3.05, 3.63) is 41.3 Å². The molecule has 0 atom stereocenters. The number of hydrogen-bond acceptors (Lipinski definition) is 5. The number of methoxy groups -OCH3 is 1. The summed E-state index contributed by atoms with van der Waals surface area (Å²) in [7, 11) is 1.65. The zero-order valence-electron chi connectivity index (χ0n) is 15.5. The number of hydrogen-bond donors (Lipinski definition) is 1. The summed E-state index contributed by atoms with van der Waals surface area (Å²) in [6.07, 6.45) is 0. The molecule has 6 heteroatoms. The van der Waals surface area contributed by atoms with Gasteiger partial charge in [-0.05, 0) is 31.9 Å². The molecule has 0 radical (unpaired) electrons. The molecule has 1 aromatic carbocycles. The van der Waals surface area contributed by atoms with E-state index in [0.29, 0.717) is 18.3 Å². The fourth-order valence-corrected chi connectivity index (χ4v) is 2.72. The molecule has 0 spiro atoms. The fourth-order valence-electron chi connectivity index (χ4n) is 2.72. The van der Waals surface area contributed by atoms with Crippen molar-refractivity contribution in [2.24, 2.45) is 5.92 Å². The number of rotatable bonds is 6. The van der Waals surface area contributed by atoms with Crippen LogP contribution in [-0.2, 0) is 11.3 Å². The lowest BCUT2D eigenvalue weighted by Crippen LogP contribution is -2.12. The molecule has 3 aromatic rings. The molecule has 2 heterocycles. The maximum atomic E-state index is 5.24. The SMILES string of the molecule is COCc1nc(NCC(C)C)c2c(C)nn(-c3ccc(C)cc3)c2n1. The van der Waals surface area contributed by atoms with Crippen molar-refractivity contribution in [3.8, 4) is 5.69 Å². The van der Waals surface area contributed by atoms with Crippen LogP contribution in [0.2, 0.25) is 0 Å². The van der Waals surface area contributed by atoms with Gasteiger partial charge in [-0.3, -0.25) is 0 Å². The van der Waals surface area contributed by atoms with Crippen LogP contribution in [0.1, 0.15) is 30.9 Å². The van der Waals surface area contributed by atoms with E-state index in [0.717, 1.165) is 34.8 Å². The first-order chi connectivity index (χ1) is 12.0. The van der Waals surface area contributed by atoms with E-state index in [4.69, 9.17) is 14.8 Å². The minimum Gasteiger partial charge on any atom is -0.377 e. The van der Waals surface area contributed by atoms with Crippen molar-refractivity contribution >= 4 is 16.9 Å². The fraction of sp³-hybridized carbons (Fsp3) is 0.421. The Balaban J connectivity index is 2.17. The Bertz CT molecular complexity index is 868. The van der Waals surface area contributed by atoms with Crippen molar-refractivity contribution < 1.29 is 4.74 Å². The predicted molar refractivity (Wildman–Crippen MR) is 100 cm³/mol. The van der Waals surface area contributed by atoms with E-state index in [1.54, 1.807) is 7.11 Å². The van der Waals surface area contributed by atoms with Gasteiger partial charge in [0.2, 0.25) is 0 Å². The van der Waals surface area contributed by atoms with Crippen LogP contribution in [0.15, 0.2) is 24.3 Å². The summed E-state index contributed by atoms with van der Waals surface area (Å²) in [5.74, 6) is 1.99. The second-order valence-electron chi connectivity index (χ2n) is 6.73. The third-order valence-electron chi connectivity index (χ3n) is 3.98. The van der Waals surface area contributed by atoms with Gasteiger partial charge in [0, 0.05) is 13.7 Å². The molecular weight excluding hydrogens is 314 g/mol. The minimum absolute atomic E-state index is 0.366. The monoisotopic (exact) mass is 339 g/mol. The topological polar surface area (TPSA) is 64.9 Å². The van der Waals surface area contributed by atoms with Gasteiger partial charge in [0.15, 0.2) is 11.5 Å². The van der Waals surface area contributed by atoms with Crippen LogP contribution < -0.4 is 5.32 Å². The highest BCUT2D eigenvalue weighted by Crippen LogP contribution is 2.26. The van der Waals surface area contributed by atoms with Gasteiger partial charge in [0.05, 0.1) is 16.8 Å². The average Bonchev–Trinajstić information content (AvgIpc) is 2.91. The average molecular weight is 339 g/mol. The van der Waals surface area contributed by atoms with Crippen LogP contribution in [0, 0.1) is 19.8 Å². The van der Waals surface area contributed by atoms with Gasteiger partial charge in [0.1, 0.15) is 12.4 Å². The summed E-state index contributed by atoms with van der Waals surface area (Å²) in [5, 5.41) is 9.11. The molecule has 0 saturated heterocycles. The van der Waals surface area contributed by atoms with Crippen LogP contribution in [0.25, 0.3) is 16.7 Å². The quantitative estimate of drug-likeness (QED) is 0.743. The van der Waals surface area contributed by atoms with Gasteiger partial charge >= 0.3 is 0 Å². The van der Waals surface area contributed by atoms with Crippen molar-refractivity contribution in [1.82, 2.24) is 19.7 Å². The molecule has 2 aromatic heterocycles. The number of anilines is 1. The number of benzene rings is 1. The summed E-state index contributed by atoms with van der Waals surface area (Å²) in [4.78, 5) is 9.34. The first kappa shape index (κ1) is 17.4. The third-order valence-corrected chi connectivity index (χ3v) is 3.98. The van der Waals surface area contributed by atoms with Gasteiger partial charge in [-0.2, -0.15) is 5.10 Å². The van der Waals surface area contributed by atoms with Crippen molar-refractivity contribution in [1.29, 1.82) is 0 Å².